The van der Waals surface area contributed by atoms with Crippen LogP contribution >= 0.6 is 11.6 Å². The number of carbonyl (C=O) groups is 3. The van der Waals surface area contributed by atoms with E-state index in [-0.39, 0.29) is 78.0 Å². The van der Waals surface area contributed by atoms with Crippen LogP contribution in [0.25, 0.3) is 56.8 Å². The van der Waals surface area contributed by atoms with Crippen molar-refractivity contribution < 1.29 is 68.1 Å². The number of likely N-dealkylation sites (tertiary alicyclic amines) is 1. The summed E-state index contributed by atoms with van der Waals surface area (Å²) < 4.78 is 86.7. The maximum atomic E-state index is 12.6. The van der Waals surface area contributed by atoms with Crippen LogP contribution in [0.1, 0.15) is 290 Å². The maximum Gasteiger partial charge on any atom is 0.416 e. The Bertz CT molecular complexity index is 6100. The van der Waals surface area contributed by atoms with Gasteiger partial charge in [-0.3, -0.25) is 19.6 Å². The van der Waals surface area contributed by atoms with Gasteiger partial charge in [0.05, 0.1) is 41.5 Å². The molecule has 34 heteroatoms. The molecular formula is C106H140ClF3N18O12. The molecule has 2 saturated heterocycles. The number of ether oxygens (including phenoxy) is 1. The standard InChI is InChI=1S/C18H23N3O2.C14H17ClN2.C13H13F3N2O.C13H15NO.C12H18N2O2.C12H14N2O.C9H14N2O3.C8H14N2O.C7H12N2O/c1-18(2,3)15-12-23-16(20-15)13-5-4-6-14(11-13)17(22)21-9-7-19-8-10-21;1-10-12(11-8-6-5-7-9-11)17(14(2,3)4)16-13(10)15;1-12(2,3)11-17-10(18-19-11)8-5-4-6-9(7-8)13(14,15)16;1-13(2,3)12-9-11(14-15-12)10-7-5-4-6-8-10;1-12(2,3)9-8-13-10(16-9)11(15)14-6-4-5-7-14;1-12(2,3)11-14-13-10(15-11)9-7-5-4-6-8-9;1-9(2,3)6-5-7(11-14-6)10-8(12)13-4;1-8(2,3)7-10-6(4-9)5-11-7;1-5-8-6(10-9-5)7(2,3)4/h4-6,11-12,19H,7-10H2,1-3H3;5-9H,1-4H3;4-7H,1-3H3;4-9H,1-3H3;8H,4-7H2,1-3H3;4-8H,1-3H3;5H,1-4H3,(H,10,11,12);5H,4,9H2,1-3H3;1-4H3. The summed E-state index contributed by atoms with van der Waals surface area (Å²) >= 11 is 6.16. The lowest BCUT2D eigenvalue weighted by atomic mass is 9.93. The number of aromatic nitrogens is 13. The van der Waals surface area contributed by atoms with E-state index in [1.165, 1.54) is 19.2 Å². The van der Waals surface area contributed by atoms with Crippen LogP contribution in [0.2, 0.25) is 5.15 Å². The molecule has 11 heterocycles. The molecule has 0 radical (unpaired) electrons. The number of alkyl halides is 3. The van der Waals surface area contributed by atoms with E-state index >= 15 is 0 Å². The van der Waals surface area contributed by atoms with Gasteiger partial charge in [0.2, 0.25) is 35.3 Å². The van der Waals surface area contributed by atoms with Crippen LogP contribution in [0, 0.1) is 13.8 Å². The van der Waals surface area contributed by atoms with E-state index in [1.807, 2.05) is 216 Å². The molecular weight excluding hydrogens is 1810 g/mol. The van der Waals surface area contributed by atoms with Crippen molar-refractivity contribution in [1.82, 2.24) is 80.6 Å². The first-order valence-corrected chi connectivity index (χ1v) is 46.9. The van der Waals surface area contributed by atoms with Crippen molar-refractivity contribution in [3.63, 3.8) is 0 Å². The second kappa shape index (κ2) is 47.8. The van der Waals surface area contributed by atoms with Crippen molar-refractivity contribution in [3.05, 3.63) is 256 Å². The van der Waals surface area contributed by atoms with E-state index in [0.717, 1.165) is 132 Å². The fourth-order valence-corrected chi connectivity index (χ4v) is 12.7. The van der Waals surface area contributed by atoms with Crippen molar-refractivity contribution in [2.24, 2.45) is 5.73 Å². The monoisotopic (exact) mass is 1950 g/mol. The molecule has 16 rings (SSSR count). The lowest BCUT2D eigenvalue weighted by molar-refractivity contribution is -0.137. The Morgan fingerprint density at radius 1 is 0.479 bits per heavy atom. The number of hydrogen-bond acceptors (Lipinski definition) is 26. The number of carbonyl (C=O) groups excluding carboxylic acids is 3. The van der Waals surface area contributed by atoms with Gasteiger partial charge in [-0.25, -0.2) is 19.7 Å². The third-order valence-electron chi connectivity index (χ3n) is 20.8. The number of nitrogens with one attached hydrogen (secondary N) is 2. The molecule has 5 aromatic carbocycles. The quantitative estimate of drug-likeness (QED) is 0.121. The average Bonchev–Trinajstić information content (AvgIpc) is 1.63. The van der Waals surface area contributed by atoms with E-state index < -0.39 is 17.8 Å². The average molecular weight is 1950 g/mol. The Labute approximate surface area is 825 Å². The number of piperazine rings is 1. The molecule has 0 unspecified atom stereocenters. The van der Waals surface area contributed by atoms with Crippen molar-refractivity contribution in [2.45, 2.75) is 275 Å². The first-order valence-electron chi connectivity index (χ1n) is 46.5. The second-order valence-corrected chi connectivity index (χ2v) is 43.2. The van der Waals surface area contributed by atoms with Gasteiger partial charge in [-0.1, -0.05) is 295 Å². The van der Waals surface area contributed by atoms with Gasteiger partial charge in [0.15, 0.2) is 22.7 Å². The number of rotatable bonds is 9. The van der Waals surface area contributed by atoms with Gasteiger partial charge in [0, 0.05) is 140 Å². The van der Waals surface area contributed by atoms with Crippen molar-refractivity contribution in [2.75, 3.05) is 51.7 Å². The van der Waals surface area contributed by atoms with Gasteiger partial charge < -0.3 is 61.3 Å². The number of nitrogens with zero attached hydrogens (tertiary/aromatic N) is 15. The van der Waals surface area contributed by atoms with Crippen LogP contribution in [-0.2, 0) is 66.3 Å². The molecule has 2 aliphatic rings. The molecule has 0 aliphatic carbocycles. The lowest BCUT2D eigenvalue weighted by Crippen LogP contribution is -2.46. The first kappa shape index (κ1) is 112. The predicted octanol–water partition coefficient (Wildman–Crippen LogP) is 25.1. The highest BCUT2D eigenvalue weighted by atomic mass is 35.5. The van der Waals surface area contributed by atoms with Crippen LogP contribution in [0.4, 0.5) is 23.8 Å². The number of aryl methyl sites for hydroxylation is 1. The summed E-state index contributed by atoms with van der Waals surface area (Å²) in [6, 6.07) is 46.2. The van der Waals surface area contributed by atoms with Gasteiger partial charge in [0.25, 0.3) is 11.8 Å². The van der Waals surface area contributed by atoms with E-state index in [1.54, 1.807) is 29.7 Å². The predicted molar refractivity (Wildman–Crippen MR) is 537 cm³/mol. The van der Waals surface area contributed by atoms with Crippen LogP contribution in [0.3, 0.4) is 0 Å². The summed E-state index contributed by atoms with van der Waals surface area (Å²) in [5, 5.41) is 34.0. The highest BCUT2D eigenvalue weighted by Crippen LogP contribution is 2.37. The van der Waals surface area contributed by atoms with Gasteiger partial charge in [-0.2, -0.15) is 28.2 Å². The van der Waals surface area contributed by atoms with Crippen molar-refractivity contribution in [3.8, 4) is 56.8 Å². The highest BCUT2D eigenvalue weighted by molar-refractivity contribution is 6.30. The van der Waals surface area contributed by atoms with Gasteiger partial charge in [-0.05, 0) is 89.9 Å². The zero-order chi connectivity index (χ0) is 104. The third kappa shape index (κ3) is 33.9. The Kier molecular flexibility index (Phi) is 38.3. The zero-order valence-corrected chi connectivity index (χ0v) is 87.5. The highest BCUT2D eigenvalue weighted by Gasteiger charge is 2.34. The van der Waals surface area contributed by atoms with E-state index in [0.29, 0.717) is 64.1 Å². The fraction of sp³-hybridized carbons (Fsp3) is 0.462. The van der Waals surface area contributed by atoms with Crippen LogP contribution in [-0.4, -0.2) is 140 Å². The molecule has 2 aliphatic heterocycles. The van der Waals surface area contributed by atoms with Crippen molar-refractivity contribution in [1.29, 1.82) is 0 Å². The normalized spacial score (nSPS) is 13.1. The molecule has 0 spiro atoms. The topological polar surface area (TPSA) is 382 Å². The molecule has 14 aromatic rings. The number of amides is 3. The molecule has 0 atom stereocenters. The number of methoxy groups -OCH3 is 1. The summed E-state index contributed by atoms with van der Waals surface area (Å²) in [6.07, 6.45) is 2.19. The number of halogens is 4. The minimum Gasteiger partial charge on any atom is -0.453 e. The number of oxazole rings is 3. The van der Waals surface area contributed by atoms with Crippen molar-refractivity contribution >= 4 is 35.3 Å². The Balaban J connectivity index is 0.000000195. The van der Waals surface area contributed by atoms with Gasteiger partial charge in [-0.15, -0.1) is 10.2 Å². The molecule has 2 fully saturated rings. The molecule has 0 bridgehead atoms. The Morgan fingerprint density at radius 3 is 1.46 bits per heavy atom. The van der Waals surface area contributed by atoms with Crippen LogP contribution in [0.5, 0.6) is 0 Å². The van der Waals surface area contributed by atoms with Gasteiger partial charge in [0.1, 0.15) is 35.5 Å². The molecule has 140 heavy (non-hydrogen) atoms. The Morgan fingerprint density at radius 2 is 1.00 bits per heavy atom. The largest absolute Gasteiger partial charge is 0.453 e. The van der Waals surface area contributed by atoms with Crippen LogP contribution < -0.4 is 16.4 Å². The summed E-state index contributed by atoms with van der Waals surface area (Å²) in [4.78, 5) is 60.1. The summed E-state index contributed by atoms with van der Waals surface area (Å²) in [5.74, 6) is 7.48. The molecule has 9 aromatic heterocycles. The SMILES string of the molecule is CC(C)(C)c1cc(-c2ccccc2)no1.CC(C)(C)c1cnc(C(=O)N2CCCC2)o1.CC(C)(C)c1coc(-c2cccc(C(=O)N3CCNCC3)c2)n1.CC(C)(C)c1nc(-c2cccc(C(F)(F)F)c2)no1.CC(C)(C)c1nc(CN)co1.CC(C)(C)c1nnc(-c2ccccc2)o1.COC(=O)Nc1cc(C(C)(C)C)on1.Cc1c(Cl)nn(C(C)(C)C)c1-c1ccccc1.Cc1noc(C(C)(C)C)n1. The summed E-state index contributed by atoms with van der Waals surface area (Å²) in [7, 11) is 1.29. The summed E-state index contributed by atoms with van der Waals surface area (Å²) in [6.45, 7) is 64.3. The molecule has 754 valence electrons. The minimum atomic E-state index is -4.38. The summed E-state index contributed by atoms with van der Waals surface area (Å²) in [5.41, 5.74) is 13.6. The molecule has 4 N–H and O–H groups in total. The van der Waals surface area contributed by atoms with Crippen LogP contribution in [0.15, 0.2) is 206 Å². The molecule has 3 amide bonds. The van der Waals surface area contributed by atoms with E-state index in [2.05, 4.69) is 192 Å². The minimum absolute atomic E-state index is 0.0139. The molecule has 30 nitrogen and oxygen atoms in total. The fourth-order valence-electron chi connectivity index (χ4n) is 12.5. The first-order chi connectivity index (χ1) is 65.1. The molecule has 0 saturated carbocycles. The zero-order valence-electron chi connectivity index (χ0n) is 86.7. The third-order valence-corrected chi connectivity index (χ3v) is 21.1. The Hall–Kier alpha value is -13.0. The number of hydrogen-bond donors (Lipinski definition) is 3. The number of anilines is 1. The smallest absolute Gasteiger partial charge is 0.416 e. The van der Waals surface area contributed by atoms with E-state index in [9.17, 15) is 27.6 Å². The second-order valence-electron chi connectivity index (χ2n) is 42.8. The number of nitrogens with two attached hydrogens (primary N) is 1. The number of benzene rings is 5. The maximum absolute atomic E-state index is 12.6. The van der Waals surface area contributed by atoms with E-state index in [4.69, 9.17) is 53.1 Å². The van der Waals surface area contributed by atoms with Gasteiger partial charge >= 0.3 is 18.2 Å². The lowest BCUT2D eigenvalue weighted by Gasteiger charge is -2.27.